The number of esters is 1. The molecule has 3 fully saturated rings. The Hall–Kier alpha value is -10.5. The van der Waals surface area contributed by atoms with E-state index in [0.29, 0.717) is 90.8 Å². The average molecular weight is 1430 g/mol. The summed E-state index contributed by atoms with van der Waals surface area (Å²) in [5.41, 5.74) is 10.8. The molecule has 31 heteroatoms. The van der Waals surface area contributed by atoms with E-state index in [4.69, 9.17) is 52.8 Å². The van der Waals surface area contributed by atoms with Gasteiger partial charge in [-0.25, -0.2) is 20.8 Å². The van der Waals surface area contributed by atoms with Crippen LogP contribution in [-0.2, 0) is 28.5 Å². The topological polar surface area (TPSA) is 422 Å². The van der Waals surface area contributed by atoms with Crippen molar-refractivity contribution >= 4 is 74.8 Å². The fourth-order valence-electron chi connectivity index (χ4n) is 14.1. The number of methoxy groups -OCH3 is 2. The number of cyclic esters (lactones) is 1. The van der Waals surface area contributed by atoms with E-state index in [-0.39, 0.29) is 84.2 Å². The molecule has 10 atom stereocenters. The van der Waals surface area contributed by atoms with Gasteiger partial charge in [-0.05, 0) is 93.7 Å². The summed E-state index contributed by atoms with van der Waals surface area (Å²) >= 11 is 0. The Morgan fingerprint density at radius 1 is 0.615 bits per heavy atom. The first-order valence-electron chi connectivity index (χ1n) is 34.2. The average Bonchev–Trinajstić information content (AvgIpc) is 1.31. The molecule has 15 rings (SSSR count). The monoisotopic (exact) mass is 1430 g/mol. The lowest BCUT2D eigenvalue weighted by Crippen LogP contribution is -2.63. The zero-order valence-electron chi connectivity index (χ0n) is 57.1. The number of hydrazone groups is 2. The van der Waals surface area contributed by atoms with Crippen molar-refractivity contribution in [3.63, 3.8) is 0 Å². The number of fused-ring (bicyclic) bond motifs is 8. The summed E-state index contributed by atoms with van der Waals surface area (Å²) < 4.78 is 51.5. The van der Waals surface area contributed by atoms with Gasteiger partial charge in [-0.3, -0.25) is 14.4 Å². The van der Waals surface area contributed by atoms with Gasteiger partial charge in [-0.2, -0.15) is 10.2 Å². The van der Waals surface area contributed by atoms with Crippen LogP contribution in [0.4, 0.5) is 11.4 Å². The van der Waals surface area contributed by atoms with Gasteiger partial charge >= 0.3 is 5.97 Å². The Labute approximate surface area is 596 Å². The van der Waals surface area contributed by atoms with E-state index >= 15 is 0 Å². The molecule has 7 aromatic carbocycles. The van der Waals surface area contributed by atoms with Gasteiger partial charge in [0.05, 0.1) is 100 Å². The SMILES string of the molecule is C(=N/NC1=NCCN1)/c1c2ccccc2c(/C=N\NC2=NCCN2)c2ccccc12.COc1cc([C@@H]2c3cc4c(cc3[C@@H](O[C@@H]3O[C@@H]5CO[C@@H](C)O[C@H]5[C@H](O)[C@H]3O)[C@H]3COC(=O)[C@H]23)OCO4)cc(OC)c1O.O=C1c2c(O)ccc(O)c2C(=O)c2c(NCCNCCO)ccc(NCCNCCO)c21. The van der Waals surface area contributed by atoms with Gasteiger partial charge in [0, 0.05) is 86.7 Å². The van der Waals surface area contributed by atoms with E-state index in [1.54, 1.807) is 43.3 Å². The number of aliphatic hydroxyl groups excluding tert-OH is 4. The van der Waals surface area contributed by atoms with Crippen molar-refractivity contribution in [3.8, 4) is 40.2 Å². The van der Waals surface area contributed by atoms with Gasteiger partial charge in [0.2, 0.25) is 36.0 Å². The molecule has 6 heterocycles. The lowest BCUT2D eigenvalue weighted by atomic mass is 9.66. The number of nitrogens with zero attached hydrogens (tertiary/aromatic N) is 4. The third-order valence-corrected chi connectivity index (χ3v) is 18.9. The smallest absolute Gasteiger partial charge is 0.310 e. The molecule has 104 heavy (non-hydrogen) atoms. The number of carbonyl (C=O) groups is 3. The quantitative estimate of drug-likeness (QED) is 0.0123. The van der Waals surface area contributed by atoms with E-state index in [1.165, 1.54) is 26.4 Å². The predicted octanol–water partition coefficient (Wildman–Crippen LogP) is 2.96. The van der Waals surface area contributed by atoms with E-state index in [0.717, 1.165) is 58.9 Å². The number of carbonyl (C=O) groups excluding carboxylic acids is 3. The highest BCUT2D eigenvalue weighted by molar-refractivity contribution is 6.33. The van der Waals surface area contributed by atoms with E-state index in [2.05, 4.69) is 87.2 Å². The summed E-state index contributed by atoms with van der Waals surface area (Å²) in [6, 6.07) is 29.3. The minimum absolute atomic E-state index is 0.00939. The summed E-state index contributed by atoms with van der Waals surface area (Å²) in [6.45, 7) is 7.96. The molecule has 0 amide bonds. The third kappa shape index (κ3) is 14.8. The number of anilines is 2. The first kappa shape index (κ1) is 71.9. The van der Waals surface area contributed by atoms with Crippen LogP contribution in [0.2, 0.25) is 0 Å². The fraction of sp³-hybridized carbons (Fsp3) is 0.384. The standard InChI is InChI=1S/C29H32O13.C22H22N8.C22H28N4O6/c1-11-36-9-20-27(40-11)24(31)25(32)29(41-20)42-26-14-7-17-16(38-10-39-17)6-13(14)21(22-15(26)8-37-28(22)33)12-4-18(34-2)23(30)19(5-12)35-3;1-2-6-16-15(5-1)19(13-27-29-21-23-9-10-24-21)17-7-3-4-8-18(17)20(16)14-28-30-22-25-11-12-26-22;27-11-9-23-5-7-25-13-1-2-14(26-8-6-24-10-12-28)18-17(13)21(31)19-15(29)3-4-16(30)20(19)22(18)32/h4-7,11,15,20-22,24-27,29-32H,8-10H2,1-3H3;1-8,13-14H,9-12H2,(H2,23,24,29)(H2,25,26,30);1-4,23-30H,5-12H2/b;27-13-,28-14-;/t11-,15+,20-,21-,22+,24-,25-,26-,27-,29+;;/m1../s1. The normalized spacial score (nSPS) is 23.2. The highest BCUT2D eigenvalue weighted by Crippen LogP contribution is 2.57. The molecule has 548 valence electrons. The molecule has 0 radical (unpaired) electrons. The molecule has 6 aliphatic heterocycles. The molecule has 0 spiro atoms. The van der Waals surface area contributed by atoms with Crippen molar-refractivity contribution < 1.29 is 92.8 Å². The number of aliphatic imine (C=N–C) groups is 2. The van der Waals surface area contributed by atoms with Crippen LogP contribution in [0.3, 0.4) is 0 Å². The van der Waals surface area contributed by atoms with Crippen LogP contribution < -0.4 is 61.7 Å². The zero-order valence-corrected chi connectivity index (χ0v) is 57.1. The van der Waals surface area contributed by atoms with Crippen LogP contribution in [-0.4, -0.2) is 228 Å². The van der Waals surface area contributed by atoms with Crippen molar-refractivity contribution in [2.45, 2.75) is 55.9 Å². The highest BCUT2D eigenvalue weighted by atomic mass is 16.8. The molecule has 15 N–H and O–H groups in total. The summed E-state index contributed by atoms with van der Waals surface area (Å²) in [5, 5.41) is 103. The molecule has 8 aliphatic rings. The molecule has 3 saturated heterocycles. The molecule has 31 nitrogen and oxygen atoms in total. The molecule has 2 aliphatic carbocycles. The van der Waals surface area contributed by atoms with E-state index in [1.807, 2.05) is 36.7 Å². The number of benzene rings is 7. The van der Waals surface area contributed by atoms with Crippen LogP contribution in [0, 0.1) is 11.8 Å². The minimum Gasteiger partial charge on any atom is -0.507 e. The summed E-state index contributed by atoms with van der Waals surface area (Å²) in [6.07, 6.45) is -3.07. The molecular weight excluding hydrogens is 1350 g/mol. The van der Waals surface area contributed by atoms with Crippen LogP contribution >= 0.6 is 0 Å². The molecular formula is C73H82N12O19. The van der Waals surface area contributed by atoms with Crippen LogP contribution in [0.5, 0.6) is 40.2 Å². The van der Waals surface area contributed by atoms with Crippen molar-refractivity contribution in [1.29, 1.82) is 0 Å². The van der Waals surface area contributed by atoms with Crippen molar-refractivity contribution in [1.82, 2.24) is 32.1 Å². The Balaban J connectivity index is 0.000000141. The first-order chi connectivity index (χ1) is 50.7. The number of hydrogen-bond donors (Lipinski definition) is 15. The van der Waals surface area contributed by atoms with Crippen LogP contribution in [0.25, 0.3) is 21.5 Å². The first-order valence-corrected chi connectivity index (χ1v) is 34.2. The zero-order chi connectivity index (χ0) is 72.5. The lowest BCUT2D eigenvalue weighted by Gasteiger charge is -2.47. The maximum absolute atomic E-state index is 13.4. The van der Waals surface area contributed by atoms with Crippen LogP contribution in [0.15, 0.2) is 117 Å². The third-order valence-electron chi connectivity index (χ3n) is 18.9. The number of ketones is 2. The summed E-state index contributed by atoms with van der Waals surface area (Å²) in [4.78, 5) is 48.8. The minimum atomic E-state index is -1.44. The van der Waals surface area contributed by atoms with Gasteiger partial charge in [0.15, 0.2) is 35.6 Å². The molecule has 0 unspecified atom stereocenters. The Kier molecular flexibility index (Phi) is 22.5. The van der Waals surface area contributed by atoms with Gasteiger partial charge in [-0.15, -0.1) is 0 Å². The second kappa shape index (κ2) is 32.5. The number of hydrogen-bond acceptors (Lipinski definition) is 31. The molecule has 7 aromatic rings. The Morgan fingerprint density at radius 3 is 1.62 bits per heavy atom. The number of phenols is 3. The van der Waals surface area contributed by atoms with Crippen LogP contribution in [0.1, 0.15) is 78.6 Å². The van der Waals surface area contributed by atoms with Crippen molar-refractivity contribution in [2.24, 2.45) is 32.0 Å². The van der Waals surface area contributed by atoms with E-state index < -0.39 is 78.4 Å². The largest absolute Gasteiger partial charge is 0.507 e. The number of rotatable bonds is 21. The molecule has 0 bridgehead atoms. The second-order valence-electron chi connectivity index (χ2n) is 25.2. The Morgan fingerprint density at radius 2 is 1.13 bits per heavy atom. The number of aromatic hydroxyl groups is 3. The second-order valence-corrected chi connectivity index (χ2v) is 25.2. The number of phenolic OH excluding ortho intramolecular Hbond substituents is 3. The fourth-order valence-corrected chi connectivity index (χ4v) is 14.1. The van der Waals surface area contributed by atoms with Crippen molar-refractivity contribution in [3.05, 3.63) is 147 Å². The highest BCUT2D eigenvalue weighted by Gasteiger charge is 2.56. The van der Waals surface area contributed by atoms with Gasteiger partial charge in [-0.1, -0.05) is 48.5 Å². The van der Waals surface area contributed by atoms with Gasteiger partial charge in [0.1, 0.15) is 35.9 Å². The number of aliphatic hydroxyl groups is 4. The molecule has 0 aromatic heterocycles. The Bertz CT molecular complexity index is 4230. The maximum atomic E-state index is 13.4. The number of nitrogens with one attached hydrogen (secondary N) is 8. The summed E-state index contributed by atoms with van der Waals surface area (Å²) in [5.74, 6) is -1.47. The molecule has 0 saturated carbocycles. The van der Waals surface area contributed by atoms with Gasteiger partial charge < -0.3 is 110 Å². The maximum Gasteiger partial charge on any atom is 0.310 e. The van der Waals surface area contributed by atoms with E-state index in [9.17, 15) is 39.9 Å². The predicted molar refractivity (Wildman–Crippen MR) is 382 cm³/mol. The number of guanidine groups is 2. The van der Waals surface area contributed by atoms with Crippen molar-refractivity contribution in [2.75, 3.05) is 124 Å². The van der Waals surface area contributed by atoms with Gasteiger partial charge in [0.25, 0.3) is 0 Å². The lowest BCUT2D eigenvalue weighted by molar-refractivity contribution is -0.364. The summed E-state index contributed by atoms with van der Waals surface area (Å²) in [7, 11) is 2.86. The number of ether oxygens (including phenoxy) is 9.